The van der Waals surface area contributed by atoms with Crippen molar-refractivity contribution in [3.05, 3.63) is 53.8 Å². The molecule has 0 heterocycles. The molecule has 2 N–H and O–H groups in total. The van der Waals surface area contributed by atoms with Gasteiger partial charge in [0.15, 0.2) is 0 Å². The maximum absolute atomic E-state index is 13.1. The highest BCUT2D eigenvalue weighted by molar-refractivity contribution is 7.99. The fourth-order valence-corrected chi connectivity index (χ4v) is 2.88. The number of rotatable bonds is 6. The number of methoxy groups -OCH3 is 2. The van der Waals surface area contributed by atoms with Gasteiger partial charge in [-0.3, -0.25) is 0 Å². The predicted octanol–water partition coefficient (Wildman–Crippen LogP) is 3.64. The zero-order valence-corrected chi connectivity index (χ0v) is 12.8. The second-order valence-electron chi connectivity index (χ2n) is 4.48. The van der Waals surface area contributed by atoms with Gasteiger partial charge in [0.05, 0.1) is 14.2 Å². The molecule has 2 aromatic rings. The molecule has 1 atom stereocenters. The summed E-state index contributed by atoms with van der Waals surface area (Å²) in [6, 6.07) is 11.8. The van der Waals surface area contributed by atoms with Crippen molar-refractivity contribution in [1.29, 1.82) is 0 Å². The van der Waals surface area contributed by atoms with Crippen LogP contribution in [0.25, 0.3) is 0 Å². The van der Waals surface area contributed by atoms with Gasteiger partial charge in [-0.1, -0.05) is 12.1 Å². The van der Waals surface area contributed by atoms with E-state index < -0.39 is 0 Å². The van der Waals surface area contributed by atoms with Crippen molar-refractivity contribution in [2.24, 2.45) is 5.73 Å². The molecule has 21 heavy (non-hydrogen) atoms. The molecule has 0 aliphatic carbocycles. The van der Waals surface area contributed by atoms with Crippen molar-refractivity contribution in [1.82, 2.24) is 0 Å². The molecule has 0 aliphatic heterocycles. The summed E-state index contributed by atoms with van der Waals surface area (Å²) in [6.07, 6.45) is 0. The average molecular weight is 307 g/mol. The van der Waals surface area contributed by atoms with E-state index in [1.54, 1.807) is 20.3 Å². The van der Waals surface area contributed by atoms with E-state index in [2.05, 4.69) is 0 Å². The Bertz CT molecular complexity index is 607. The summed E-state index contributed by atoms with van der Waals surface area (Å²) < 4.78 is 23.7. The lowest BCUT2D eigenvalue weighted by Crippen LogP contribution is -2.14. The molecule has 2 aromatic carbocycles. The van der Waals surface area contributed by atoms with Gasteiger partial charge in [0.25, 0.3) is 0 Å². The third-order valence-electron chi connectivity index (χ3n) is 3.07. The summed E-state index contributed by atoms with van der Waals surface area (Å²) in [6.45, 7) is 0. The first-order valence-electron chi connectivity index (χ1n) is 6.50. The van der Waals surface area contributed by atoms with Crippen molar-refractivity contribution in [2.45, 2.75) is 10.9 Å². The molecule has 0 radical (unpaired) electrons. The Balaban J connectivity index is 2.07. The highest BCUT2D eigenvalue weighted by Crippen LogP contribution is 2.31. The maximum Gasteiger partial charge on any atom is 0.127 e. The van der Waals surface area contributed by atoms with Gasteiger partial charge >= 0.3 is 0 Å². The summed E-state index contributed by atoms with van der Waals surface area (Å²) in [5, 5.41) is 0. The smallest absolute Gasteiger partial charge is 0.127 e. The SMILES string of the molecule is COc1ccc(C(N)CSc2cccc(F)c2)c(OC)c1. The van der Waals surface area contributed by atoms with E-state index >= 15 is 0 Å². The Morgan fingerprint density at radius 1 is 1.14 bits per heavy atom. The fraction of sp³-hybridized carbons (Fsp3) is 0.250. The number of nitrogens with two attached hydrogens (primary N) is 1. The molecule has 0 fully saturated rings. The molecule has 0 aliphatic rings. The molecule has 0 saturated carbocycles. The van der Waals surface area contributed by atoms with E-state index in [1.165, 1.54) is 23.9 Å². The van der Waals surface area contributed by atoms with Crippen LogP contribution in [0.5, 0.6) is 11.5 Å². The van der Waals surface area contributed by atoms with Crippen LogP contribution < -0.4 is 15.2 Å². The van der Waals surface area contributed by atoms with Crippen LogP contribution in [-0.4, -0.2) is 20.0 Å². The van der Waals surface area contributed by atoms with Gasteiger partial charge in [-0.05, 0) is 24.3 Å². The first-order chi connectivity index (χ1) is 10.1. The van der Waals surface area contributed by atoms with E-state index in [1.807, 2.05) is 24.3 Å². The first kappa shape index (κ1) is 15.7. The summed E-state index contributed by atoms with van der Waals surface area (Å²) in [5.41, 5.74) is 7.12. The Morgan fingerprint density at radius 2 is 1.95 bits per heavy atom. The minimum Gasteiger partial charge on any atom is -0.497 e. The van der Waals surface area contributed by atoms with Crippen LogP contribution in [0, 0.1) is 5.82 Å². The predicted molar refractivity (Wildman–Crippen MR) is 83.6 cm³/mol. The molecule has 1 unspecified atom stereocenters. The minimum atomic E-state index is -0.240. The molecule has 0 amide bonds. The number of hydrogen-bond acceptors (Lipinski definition) is 4. The fourth-order valence-electron chi connectivity index (χ4n) is 1.96. The largest absolute Gasteiger partial charge is 0.497 e. The summed E-state index contributed by atoms with van der Waals surface area (Å²) in [5.74, 6) is 1.81. The van der Waals surface area contributed by atoms with Crippen LogP contribution in [-0.2, 0) is 0 Å². The van der Waals surface area contributed by atoms with Gasteiger partial charge in [0.2, 0.25) is 0 Å². The number of halogens is 1. The molecular formula is C16H18FNO2S. The molecule has 112 valence electrons. The van der Waals surface area contributed by atoms with Gasteiger partial charge in [0.1, 0.15) is 17.3 Å². The molecule has 5 heteroatoms. The maximum atomic E-state index is 13.1. The monoisotopic (exact) mass is 307 g/mol. The molecule has 0 aromatic heterocycles. The molecule has 0 spiro atoms. The summed E-state index contributed by atoms with van der Waals surface area (Å²) in [7, 11) is 3.21. The van der Waals surface area contributed by atoms with Crippen molar-refractivity contribution in [3.63, 3.8) is 0 Å². The topological polar surface area (TPSA) is 44.5 Å². The van der Waals surface area contributed by atoms with Crippen molar-refractivity contribution in [3.8, 4) is 11.5 Å². The molecule has 0 bridgehead atoms. The normalized spacial score (nSPS) is 12.0. The van der Waals surface area contributed by atoms with Crippen molar-refractivity contribution < 1.29 is 13.9 Å². The quantitative estimate of drug-likeness (QED) is 0.828. The van der Waals surface area contributed by atoms with Crippen LogP contribution in [0.4, 0.5) is 4.39 Å². The minimum absolute atomic E-state index is 0.209. The van der Waals surface area contributed by atoms with Crippen LogP contribution in [0.15, 0.2) is 47.4 Å². The Morgan fingerprint density at radius 3 is 2.62 bits per heavy atom. The lowest BCUT2D eigenvalue weighted by Gasteiger charge is -2.16. The molecular weight excluding hydrogens is 289 g/mol. The zero-order chi connectivity index (χ0) is 15.2. The van der Waals surface area contributed by atoms with E-state index in [0.717, 1.165) is 16.2 Å². The first-order valence-corrected chi connectivity index (χ1v) is 7.48. The van der Waals surface area contributed by atoms with Gasteiger partial charge in [-0.25, -0.2) is 4.39 Å². The molecule has 0 saturated heterocycles. The number of ether oxygens (including phenoxy) is 2. The van der Waals surface area contributed by atoms with Crippen LogP contribution in [0.3, 0.4) is 0 Å². The number of thioether (sulfide) groups is 1. The van der Waals surface area contributed by atoms with Crippen molar-refractivity contribution in [2.75, 3.05) is 20.0 Å². The third-order valence-corrected chi connectivity index (χ3v) is 4.18. The highest BCUT2D eigenvalue weighted by Gasteiger charge is 2.13. The Hall–Kier alpha value is -1.72. The average Bonchev–Trinajstić information content (AvgIpc) is 2.52. The van der Waals surface area contributed by atoms with Crippen LogP contribution in [0.2, 0.25) is 0 Å². The van der Waals surface area contributed by atoms with Crippen molar-refractivity contribution >= 4 is 11.8 Å². The second kappa shape index (κ2) is 7.33. The lowest BCUT2D eigenvalue weighted by molar-refractivity contribution is 0.389. The highest BCUT2D eigenvalue weighted by atomic mass is 32.2. The van der Waals surface area contributed by atoms with Gasteiger partial charge < -0.3 is 15.2 Å². The van der Waals surface area contributed by atoms with Crippen LogP contribution >= 0.6 is 11.8 Å². The molecule has 3 nitrogen and oxygen atoms in total. The standard InChI is InChI=1S/C16H18FNO2S/c1-19-12-6-7-14(16(9-12)20-2)15(18)10-21-13-5-3-4-11(17)8-13/h3-9,15H,10,18H2,1-2H3. The number of benzene rings is 2. The van der Waals surface area contributed by atoms with E-state index in [-0.39, 0.29) is 11.9 Å². The van der Waals surface area contributed by atoms with Crippen LogP contribution in [0.1, 0.15) is 11.6 Å². The summed E-state index contributed by atoms with van der Waals surface area (Å²) >= 11 is 1.51. The summed E-state index contributed by atoms with van der Waals surface area (Å²) in [4.78, 5) is 0.859. The van der Waals surface area contributed by atoms with Gasteiger partial charge in [-0.15, -0.1) is 11.8 Å². The Kier molecular flexibility index (Phi) is 5.47. The van der Waals surface area contributed by atoms with Gasteiger partial charge in [-0.2, -0.15) is 0 Å². The Labute approximate surface area is 128 Å². The van der Waals surface area contributed by atoms with E-state index in [0.29, 0.717) is 11.5 Å². The van der Waals surface area contributed by atoms with Gasteiger partial charge in [0, 0.05) is 28.3 Å². The van der Waals surface area contributed by atoms with E-state index in [4.69, 9.17) is 15.2 Å². The molecule has 2 rings (SSSR count). The number of hydrogen-bond donors (Lipinski definition) is 1. The third kappa shape index (κ3) is 4.12. The lowest BCUT2D eigenvalue weighted by atomic mass is 10.1. The van der Waals surface area contributed by atoms with E-state index in [9.17, 15) is 4.39 Å². The zero-order valence-electron chi connectivity index (χ0n) is 12.0. The second-order valence-corrected chi connectivity index (χ2v) is 5.58.